The van der Waals surface area contributed by atoms with E-state index in [1.54, 1.807) is 0 Å². The van der Waals surface area contributed by atoms with Crippen molar-refractivity contribution in [3.8, 4) is 0 Å². The van der Waals surface area contributed by atoms with Crippen LogP contribution < -0.4 is 10.2 Å². The molecule has 0 aliphatic carbocycles. The summed E-state index contributed by atoms with van der Waals surface area (Å²) in [5.74, 6) is 1.84. The predicted octanol–water partition coefficient (Wildman–Crippen LogP) is 2.96. The lowest BCUT2D eigenvalue weighted by atomic mass is 10.1. The summed E-state index contributed by atoms with van der Waals surface area (Å²) in [5.41, 5.74) is 3.52. The summed E-state index contributed by atoms with van der Waals surface area (Å²) in [6, 6.07) is 8.27. The number of benzene rings is 1. The molecule has 5 heteroatoms. The summed E-state index contributed by atoms with van der Waals surface area (Å²) in [5, 5.41) is 3.40. The van der Waals surface area contributed by atoms with Gasteiger partial charge in [-0.15, -0.1) is 0 Å². The Labute approximate surface area is 127 Å². The van der Waals surface area contributed by atoms with E-state index in [1.165, 1.54) is 11.3 Å². The molecule has 0 amide bonds. The highest BCUT2D eigenvalue weighted by Crippen LogP contribution is 2.29. The predicted molar refractivity (Wildman–Crippen MR) is 84.4 cm³/mol. The smallest absolute Gasteiger partial charge is 0.141 e. The zero-order valence-electron chi connectivity index (χ0n) is 11.7. The van der Waals surface area contributed by atoms with Gasteiger partial charge in [-0.25, -0.2) is 9.97 Å². The number of aryl methyl sites for hydroxylation is 1. The first-order chi connectivity index (χ1) is 9.65. The number of fused-ring (bicyclic) bond motifs is 1. The van der Waals surface area contributed by atoms with Crippen molar-refractivity contribution in [3.63, 3.8) is 0 Å². The molecule has 1 aromatic carbocycles. The Morgan fingerprint density at radius 3 is 2.70 bits per heavy atom. The van der Waals surface area contributed by atoms with Crippen LogP contribution in [0.3, 0.4) is 0 Å². The molecule has 0 radical (unpaired) electrons. The van der Waals surface area contributed by atoms with Crippen molar-refractivity contribution in [1.82, 2.24) is 15.3 Å². The van der Waals surface area contributed by atoms with E-state index in [1.807, 2.05) is 19.1 Å². The molecule has 0 fully saturated rings. The van der Waals surface area contributed by atoms with Crippen molar-refractivity contribution in [3.05, 3.63) is 45.8 Å². The van der Waals surface area contributed by atoms with E-state index in [-0.39, 0.29) is 0 Å². The average molecular weight is 333 g/mol. The lowest BCUT2D eigenvalue weighted by Crippen LogP contribution is -2.28. The van der Waals surface area contributed by atoms with Gasteiger partial charge in [-0.3, -0.25) is 0 Å². The second-order valence-electron chi connectivity index (χ2n) is 4.98. The minimum Gasteiger partial charge on any atom is -0.329 e. The monoisotopic (exact) mass is 332 g/mol. The molecule has 1 aliphatic heterocycles. The summed E-state index contributed by atoms with van der Waals surface area (Å²) < 4.78 is 1.08. The van der Waals surface area contributed by atoms with E-state index >= 15 is 0 Å². The first-order valence-electron chi connectivity index (χ1n) is 6.71. The quantitative estimate of drug-likeness (QED) is 0.917. The first kappa shape index (κ1) is 13.5. The first-order valence-corrected chi connectivity index (χ1v) is 7.51. The Morgan fingerprint density at radius 1 is 1.20 bits per heavy atom. The maximum atomic E-state index is 4.65. The van der Waals surface area contributed by atoms with Gasteiger partial charge in [-0.05, 0) is 31.2 Å². The van der Waals surface area contributed by atoms with E-state index in [9.17, 15) is 0 Å². The van der Waals surface area contributed by atoms with Crippen LogP contribution in [0.4, 0.5) is 11.5 Å². The Bertz CT molecular complexity index is 625. The minimum atomic E-state index is 0.838. The maximum Gasteiger partial charge on any atom is 0.141 e. The van der Waals surface area contributed by atoms with Gasteiger partial charge < -0.3 is 10.2 Å². The number of rotatable bonds is 2. The zero-order chi connectivity index (χ0) is 14.1. The van der Waals surface area contributed by atoms with E-state index in [2.05, 4.69) is 55.3 Å². The molecule has 0 atom stereocenters. The number of hydrogen-bond donors (Lipinski definition) is 1. The molecule has 0 spiro atoms. The maximum absolute atomic E-state index is 4.65. The Hall–Kier alpha value is -1.46. The van der Waals surface area contributed by atoms with Crippen molar-refractivity contribution < 1.29 is 0 Å². The Balaban J connectivity index is 2.04. The summed E-state index contributed by atoms with van der Waals surface area (Å²) in [4.78, 5) is 11.4. The van der Waals surface area contributed by atoms with Gasteiger partial charge >= 0.3 is 0 Å². The minimum absolute atomic E-state index is 0.838. The topological polar surface area (TPSA) is 41.1 Å². The van der Waals surface area contributed by atoms with Crippen LogP contribution in [0.2, 0.25) is 0 Å². The molecule has 1 aromatic heterocycles. The number of hydrogen-bond acceptors (Lipinski definition) is 4. The van der Waals surface area contributed by atoms with Gasteiger partial charge in [0.2, 0.25) is 0 Å². The SMILES string of the molecule is Cc1nc2c(c(N(C)c3ccc(Br)cc3)n1)CNCC2. The highest BCUT2D eigenvalue weighted by molar-refractivity contribution is 9.10. The molecule has 1 N–H and O–H groups in total. The highest BCUT2D eigenvalue weighted by Gasteiger charge is 2.19. The van der Waals surface area contributed by atoms with E-state index in [0.29, 0.717) is 0 Å². The second kappa shape index (κ2) is 5.50. The molecule has 0 bridgehead atoms. The van der Waals surface area contributed by atoms with Crippen LogP contribution in [-0.2, 0) is 13.0 Å². The van der Waals surface area contributed by atoms with Crippen molar-refractivity contribution in [2.45, 2.75) is 19.9 Å². The average Bonchev–Trinajstić information content (AvgIpc) is 2.46. The molecule has 0 saturated carbocycles. The number of anilines is 2. The Kier molecular flexibility index (Phi) is 3.72. The third-order valence-corrected chi connectivity index (χ3v) is 4.08. The van der Waals surface area contributed by atoms with E-state index < -0.39 is 0 Å². The third kappa shape index (κ3) is 2.55. The van der Waals surface area contributed by atoms with Gasteiger partial charge in [-0.1, -0.05) is 15.9 Å². The standard InChI is InChI=1S/C15H17BrN4/c1-10-18-14-7-8-17-9-13(14)15(19-10)20(2)12-5-3-11(16)4-6-12/h3-6,17H,7-9H2,1-2H3. The molecule has 3 rings (SSSR count). The van der Waals surface area contributed by atoms with Crippen LogP contribution in [0.1, 0.15) is 17.1 Å². The molecular weight excluding hydrogens is 316 g/mol. The van der Waals surface area contributed by atoms with Crippen molar-refractivity contribution in [2.75, 3.05) is 18.5 Å². The van der Waals surface area contributed by atoms with Crippen LogP contribution in [0.15, 0.2) is 28.7 Å². The Morgan fingerprint density at radius 2 is 1.95 bits per heavy atom. The summed E-state index contributed by atoms with van der Waals surface area (Å²) in [6.45, 7) is 3.79. The summed E-state index contributed by atoms with van der Waals surface area (Å²) in [6.07, 6.45) is 0.972. The fraction of sp³-hybridized carbons (Fsp3) is 0.333. The van der Waals surface area contributed by atoms with Gasteiger partial charge in [0.05, 0.1) is 5.69 Å². The molecule has 104 valence electrons. The van der Waals surface area contributed by atoms with Crippen LogP contribution in [0.25, 0.3) is 0 Å². The number of nitrogens with zero attached hydrogens (tertiary/aromatic N) is 3. The zero-order valence-corrected chi connectivity index (χ0v) is 13.2. The molecule has 2 heterocycles. The van der Waals surface area contributed by atoms with Crippen LogP contribution in [0, 0.1) is 6.92 Å². The van der Waals surface area contributed by atoms with Crippen molar-refractivity contribution >= 4 is 27.4 Å². The number of halogens is 1. The lowest BCUT2D eigenvalue weighted by Gasteiger charge is -2.25. The van der Waals surface area contributed by atoms with Crippen LogP contribution in [-0.4, -0.2) is 23.6 Å². The second-order valence-corrected chi connectivity index (χ2v) is 5.90. The van der Waals surface area contributed by atoms with Crippen molar-refractivity contribution in [2.24, 2.45) is 0 Å². The van der Waals surface area contributed by atoms with Gasteiger partial charge in [0, 0.05) is 42.3 Å². The van der Waals surface area contributed by atoms with Gasteiger partial charge in [-0.2, -0.15) is 0 Å². The van der Waals surface area contributed by atoms with Crippen LogP contribution >= 0.6 is 15.9 Å². The summed E-state index contributed by atoms with van der Waals surface area (Å²) >= 11 is 3.47. The normalized spacial score (nSPS) is 13.9. The van der Waals surface area contributed by atoms with E-state index in [4.69, 9.17) is 0 Å². The lowest BCUT2D eigenvalue weighted by molar-refractivity contribution is 0.622. The van der Waals surface area contributed by atoms with Crippen molar-refractivity contribution in [1.29, 1.82) is 0 Å². The van der Waals surface area contributed by atoms with Gasteiger partial charge in [0.15, 0.2) is 0 Å². The summed E-state index contributed by atoms with van der Waals surface area (Å²) in [7, 11) is 2.06. The number of nitrogens with one attached hydrogen (secondary N) is 1. The molecule has 20 heavy (non-hydrogen) atoms. The fourth-order valence-electron chi connectivity index (χ4n) is 2.51. The molecule has 1 aliphatic rings. The van der Waals surface area contributed by atoms with Gasteiger partial charge in [0.25, 0.3) is 0 Å². The fourth-order valence-corrected chi connectivity index (χ4v) is 2.77. The molecule has 0 saturated heterocycles. The highest BCUT2D eigenvalue weighted by atomic mass is 79.9. The van der Waals surface area contributed by atoms with Gasteiger partial charge in [0.1, 0.15) is 11.6 Å². The largest absolute Gasteiger partial charge is 0.329 e. The molecule has 2 aromatic rings. The third-order valence-electron chi connectivity index (χ3n) is 3.55. The molecular formula is C15H17BrN4. The number of aromatic nitrogens is 2. The molecule has 4 nitrogen and oxygen atoms in total. The van der Waals surface area contributed by atoms with E-state index in [0.717, 1.165) is 41.3 Å². The van der Waals surface area contributed by atoms with Crippen LogP contribution in [0.5, 0.6) is 0 Å². The molecule has 0 unspecified atom stereocenters.